The summed E-state index contributed by atoms with van der Waals surface area (Å²) < 4.78 is 12.4. The zero-order valence-corrected chi connectivity index (χ0v) is 17.6. The molecule has 0 aliphatic carbocycles. The molecule has 0 saturated carbocycles. The number of rotatable bonds is 5. The first-order chi connectivity index (χ1) is 11.9. The molecule has 0 unspecified atom stereocenters. The van der Waals surface area contributed by atoms with E-state index in [1.807, 2.05) is 30.5 Å². The Balaban J connectivity index is 0.000000372. The minimum absolute atomic E-state index is 0.188. The molecule has 0 heterocycles. The topological polar surface area (TPSA) is 12.0 Å². The van der Waals surface area contributed by atoms with Gasteiger partial charge in [-0.15, -0.1) is 11.8 Å². The van der Waals surface area contributed by atoms with E-state index < -0.39 is 0 Å². The molecule has 1 N–H and O–H groups in total. The van der Waals surface area contributed by atoms with Crippen LogP contribution in [0.1, 0.15) is 40.5 Å². The number of nitrogens with one attached hydrogen (secondary N) is 1. The molecule has 2 rings (SSSR count). The largest absolute Gasteiger partial charge is 0.385 e. The summed E-state index contributed by atoms with van der Waals surface area (Å²) >= 11 is 7.38. The molecule has 1 nitrogen and oxygen atoms in total. The summed E-state index contributed by atoms with van der Waals surface area (Å²) in [6.07, 6.45) is 4.43. The van der Waals surface area contributed by atoms with Gasteiger partial charge in [0.1, 0.15) is 5.82 Å². The lowest BCUT2D eigenvalue weighted by atomic mass is 10.2. The zero-order valence-electron chi connectivity index (χ0n) is 16.0. The van der Waals surface area contributed by atoms with Crippen LogP contribution in [0.3, 0.4) is 0 Å². The van der Waals surface area contributed by atoms with Gasteiger partial charge in [0.25, 0.3) is 0 Å². The molecule has 0 aliphatic heterocycles. The van der Waals surface area contributed by atoms with Gasteiger partial charge >= 0.3 is 0 Å². The van der Waals surface area contributed by atoms with Gasteiger partial charge in [0.15, 0.2) is 0 Å². The van der Waals surface area contributed by atoms with E-state index in [9.17, 15) is 4.39 Å². The van der Waals surface area contributed by atoms with Crippen molar-refractivity contribution in [2.45, 2.75) is 45.4 Å². The Hall–Kier alpha value is -1.19. The van der Waals surface area contributed by atoms with Crippen molar-refractivity contribution in [2.75, 3.05) is 18.1 Å². The van der Waals surface area contributed by atoms with Crippen LogP contribution in [0.4, 0.5) is 10.1 Å². The first-order valence-corrected chi connectivity index (χ1v) is 10.3. The van der Waals surface area contributed by atoms with Crippen LogP contribution in [0.15, 0.2) is 53.4 Å². The summed E-state index contributed by atoms with van der Waals surface area (Å²) in [5.41, 5.74) is 0.980. The maximum atomic E-state index is 12.4. The fourth-order valence-corrected chi connectivity index (χ4v) is 1.94. The first-order valence-electron chi connectivity index (χ1n) is 8.71. The maximum absolute atomic E-state index is 12.4. The van der Waals surface area contributed by atoms with E-state index in [0.29, 0.717) is 0 Å². The highest BCUT2D eigenvalue weighted by molar-refractivity contribution is 7.98. The van der Waals surface area contributed by atoms with E-state index in [1.165, 1.54) is 23.4 Å². The van der Waals surface area contributed by atoms with E-state index >= 15 is 0 Å². The Kier molecular flexibility index (Phi) is 14.4. The van der Waals surface area contributed by atoms with Crippen LogP contribution in [0, 0.1) is 11.7 Å². The fraction of sp³-hybridized carbons (Fsp3) is 0.429. The summed E-state index contributed by atoms with van der Waals surface area (Å²) in [6, 6.07) is 14.2. The number of hydrogen-bond acceptors (Lipinski definition) is 2. The van der Waals surface area contributed by atoms with E-state index in [0.717, 1.165) is 29.6 Å². The molecule has 0 aromatic heterocycles. The third kappa shape index (κ3) is 13.7. The van der Waals surface area contributed by atoms with E-state index in [2.05, 4.69) is 33.0 Å². The standard InChI is InChI=1S/C9H12FN.C7H7ClS.C5H12/c1-2-7-11-9-5-3-8(10)4-6-9;1-9-7-4-2-6(8)3-5-7;1-4-5(2)3/h3-6,11H,2,7H2,1H3;2-5H,1H3;5H,4H2,1-3H3. The third-order valence-electron chi connectivity index (χ3n) is 3.29. The molecular formula is C21H31ClFNS. The molecule has 0 amide bonds. The first kappa shape index (κ1) is 23.8. The second-order valence-corrected chi connectivity index (χ2v) is 7.21. The molecule has 0 spiro atoms. The summed E-state index contributed by atoms with van der Waals surface area (Å²) in [4.78, 5) is 1.25. The van der Waals surface area contributed by atoms with Gasteiger partial charge in [-0.2, -0.15) is 0 Å². The van der Waals surface area contributed by atoms with E-state index in [1.54, 1.807) is 23.9 Å². The van der Waals surface area contributed by atoms with Crippen LogP contribution in [0.2, 0.25) is 5.02 Å². The van der Waals surface area contributed by atoms with Crippen molar-refractivity contribution in [2.24, 2.45) is 5.92 Å². The molecule has 0 bridgehead atoms. The molecule has 0 saturated heterocycles. The SMILES string of the molecule is CCC(C)C.CCCNc1ccc(F)cc1.CSc1ccc(Cl)cc1. The van der Waals surface area contributed by atoms with Gasteiger partial charge in [0.05, 0.1) is 0 Å². The van der Waals surface area contributed by atoms with Gasteiger partial charge in [-0.25, -0.2) is 4.39 Å². The van der Waals surface area contributed by atoms with E-state index in [4.69, 9.17) is 11.6 Å². The minimum Gasteiger partial charge on any atom is -0.385 e. The number of hydrogen-bond donors (Lipinski definition) is 1. The normalized spacial score (nSPS) is 9.60. The van der Waals surface area contributed by atoms with Crippen molar-refractivity contribution in [3.63, 3.8) is 0 Å². The summed E-state index contributed by atoms with van der Waals surface area (Å²) in [5.74, 6) is 0.696. The van der Waals surface area contributed by atoms with Gasteiger partial charge in [0, 0.05) is 22.2 Å². The summed E-state index contributed by atoms with van der Waals surface area (Å²) in [6.45, 7) is 9.67. The lowest BCUT2D eigenvalue weighted by molar-refractivity contribution is 0.626. The van der Waals surface area contributed by atoms with Gasteiger partial charge in [-0.1, -0.05) is 45.7 Å². The third-order valence-corrected chi connectivity index (χ3v) is 4.28. The fourth-order valence-electron chi connectivity index (χ4n) is 1.41. The highest BCUT2D eigenvalue weighted by Crippen LogP contribution is 2.16. The van der Waals surface area contributed by atoms with Crippen molar-refractivity contribution in [1.29, 1.82) is 0 Å². The van der Waals surface area contributed by atoms with Crippen LogP contribution in [-0.2, 0) is 0 Å². The molecule has 4 heteroatoms. The Morgan fingerprint density at radius 1 is 1.00 bits per heavy atom. The Morgan fingerprint density at radius 3 is 1.92 bits per heavy atom. The molecule has 2 aromatic carbocycles. The molecule has 0 fully saturated rings. The van der Waals surface area contributed by atoms with Gasteiger partial charge < -0.3 is 5.32 Å². The maximum Gasteiger partial charge on any atom is 0.123 e. The Morgan fingerprint density at radius 2 is 1.52 bits per heavy atom. The molecule has 2 aromatic rings. The second-order valence-electron chi connectivity index (χ2n) is 5.89. The van der Waals surface area contributed by atoms with Crippen LogP contribution < -0.4 is 5.32 Å². The van der Waals surface area contributed by atoms with Crippen LogP contribution in [0.25, 0.3) is 0 Å². The highest BCUT2D eigenvalue weighted by Gasteiger charge is 1.90. The predicted molar refractivity (Wildman–Crippen MR) is 114 cm³/mol. The lowest BCUT2D eigenvalue weighted by Gasteiger charge is -2.02. The number of benzene rings is 2. The van der Waals surface area contributed by atoms with E-state index in [-0.39, 0.29) is 5.82 Å². The van der Waals surface area contributed by atoms with Crippen LogP contribution in [0.5, 0.6) is 0 Å². The van der Waals surface area contributed by atoms with Crippen LogP contribution in [-0.4, -0.2) is 12.8 Å². The number of anilines is 1. The molecule has 0 radical (unpaired) electrons. The second kappa shape index (κ2) is 15.1. The van der Waals surface area contributed by atoms with Crippen LogP contribution >= 0.6 is 23.4 Å². The monoisotopic (exact) mass is 383 g/mol. The average molecular weight is 384 g/mol. The Labute approximate surface area is 162 Å². The Bertz CT molecular complexity index is 541. The van der Waals surface area contributed by atoms with Gasteiger partial charge in [0.2, 0.25) is 0 Å². The molecule has 0 aliphatic rings. The molecule has 25 heavy (non-hydrogen) atoms. The highest BCUT2D eigenvalue weighted by atomic mass is 35.5. The lowest BCUT2D eigenvalue weighted by Crippen LogP contribution is -1.98. The molecule has 0 atom stereocenters. The quantitative estimate of drug-likeness (QED) is 0.529. The zero-order chi connectivity index (χ0) is 19.1. The van der Waals surface area contributed by atoms with Gasteiger partial charge in [-0.05, 0) is 67.1 Å². The predicted octanol–water partition coefficient (Wildman–Crippen LogP) is 7.76. The van der Waals surface area contributed by atoms with Crippen molar-refractivity contribution in [3.05, 3.63) is 59.4 Å². The van der Waals surface area contributed by atoms with Crippen molar-refractivity contribution in [3.8, 4) is 0 Å². The summed E-state index contributed by atoms with van der Waals surface area (Å²) in [5, 5.41) is 3.95. The molecular weight excluding hydrogens is 353 g/mol. The van der Waals surface area contributed by atoms with Crippen molar-refractivity contribution < 1.29 is 4.39 Å². The summed E-state index contributed by atoms with van der Waals surface area (Å²) in [7, 11) is 0. The van der Waals surface area contributed by atoms with Gasteiger partial charge in [-0.3, -0.25) is 0 Å². The average Bonchev–Trinajstić information content (AvgIpc) is 2.63. The number of halogens is 2. The number of thioether (sulfide) groups is 1. The molecule has 140 valence electrons. The van der Waals surface area contributed by atoms with Crippen molar-refractivity contribution in [1.82, 2.24) is 0 Å². The minimum atomic E-state index is -0.188. The smallest absolute Gasteiger partial charge is 0.123 e. The van der Waals surface area contributed by atoms with Crippen molar-refractivity contribution >= 4 is 29.1 Å².